The average Bonchev–Trinajstić information content (AvgIpc) is 2.46. The van der Waals surface area contributed by atoms with E-state index in [0.29, 0.717) is 13.0 Å². The van der Waals surface area contributed by atoms with Gasteiger partial charge in [0.1, 0.15) is 23.7 Å². The van der Waals surface area contributed by atoms with Crippen LogP contribution in [-0.4, -0.2) is 63.7 Å². The van der Waals surface area contributed by atoms with E-state index in [1.165, 1.54) is 6.92 Å². The van der Waals surface area contributed by atoms with Gasteiger partial charge in [-0.05, 0) is 19.4 Å². The molecule has 0 aromatic heterocycles. The van der Waals surface area contributed by atoms with E-state index in [1.54, 1.807) is 0 Å². The van der Waals surface area contributed by atoms with Gasteiger partial charge in [-0.3, -0.25) is 4.79 Å². The molecule has 1 amide bonds. The van der Waals surface area contributed by atoms with Crippen molar-refractivity contribution < 1.29 is 24.9 Å². The van der Waals surface area contributed by atoms with E-state index in [0.717, 1.165) is 25.7 Å². The van der Waals surface area contributed by atoms with Crippen molar-refractivity contribution >= 4 is 18.5 Å². The fraction of sp³-hybridized carbons (Fsp3) is 0.929. The van der Waals surface area contributed by atoms with Crippen LogP contribution in [-0.2, 0) is 9.53 Å². The van der Waals surface area contributed by atoms with Crippen LogP contribution in [0.3, 0.4) is 0 Å². The van der Waals surface area contributed by atoms with Gasteiger partial charge in [-0.2, -0.15) is 0 Å². The Hall–Kier alpha value is -0.380. The maximum absolute atomic E-state index is 11.1. The molecule has 0 aromatic rings. The first kappa shape index (κ1) is 19.7. The highest BCUT2D eigenvalue weighted by molar-refractivity contribution is 7.80. The molecule has 1 aliphatic rings. The molecular formula is C14H28N2O5S. The van der Waals surface area contributed by atoms with Gasteiger partial charge in [0.15, 0.2) is 0 Å². The standard InChI is InChI=1S/C14H28N2O5S/c1-8(17)16-10-11(19)12(20)13(21-14(10)22)9(18)6-4-2-3-5-7-15/h9-14,18-20,22H,2-7,15H2,1H3,(H,16,17)/t9?,10-,11-,12+,13-,14+/m1/s1. The Balaban J connectivity index is 2.49. The predicted molar refractivity (Wildman–Crippen MR) is 85.4 cm³/mol. The van der Waals surface area contributed by atoms with Crippen LogP contribution >= 0.6 is 12.6 Å². The molecule has 6 N–H and O–H groups in total. The molecule has 1 fully saturated rings. The molecule has 1 heterocycles. The van der Waals surface area contributed by atoms with Crippen LogP contribution in [0.1, 0.15) is 39.0 Å². The maximum Gasteiger partial charge on any atom is 0.217 e. The third kappa shape index (κ3) is 5.68. The summed E-state index contributed by atoms with van der Waals surface area (Å²) in [4.78, 5) is 11.1. The number of aliphatic hydroxyl groups excluding tert-OH is 3. The van der Waals surface area contributed by atoms with E-state index in [-0.39, 0.29) is 5.91 Å². The van der Waals surface area contributed by atoms with E-state index in [4.69, 9.17) is 10.5 Å². The summed E-state index contributed by atoms with van der Waals surface area (Å²) in [6.45, 7) is 1.97. The van der Waals surface area contributed by atoms with Crippen molar-refractivity contribution in [1.29, 1.82) is 0 Å². The van der Waals surface area contributed by atoms with Crippen molar-refractivity contribution in [3.63, 3.8) is 0 Å². The first-order valence-corrected chi connectivity index (χ1v) is 8.25. The number of nitrogens with two attached hydrogens (primary N) is 1. The molecule has 0 radical (unpaired) electrons. The van der Waals surface area contributed by atoms with Gasteiger partial charge in [-0.1, -0.05) is 19.3 Å². The number of unbranched alkanes of at least 4 members (excludes halogenated alkanes) is 3. The third-order valence-corrected chi connectivity index (χ3v) is 4.30. The summed E-state index contributed by atoms with van der Waals surface area (Å²) in [6, 6.07) is -0.816. The lowest BCUT2D eigenvalue weighted by molar-refractivity contribution is -0.192. The number of hydrogen-bond acceptors (Lipinski definition) is 7. The van der Waals surface area contributed by atoms with Crippen molar-refractivity contribution in [3.8, 4) is 0 Å². The Morgan fingerprint density at radius 1 is 1.27 bits per heavy atom. The number of carbonyl (C=O) groups is 1. The maximum atomic E-state index is 11.1. The summed E-state index contributed by atoms with van der Waals surface area (Å²) in [7, 11) is 0. The van der Waals surface area contributed by atoms with Gasteiger partial charge in [0, 0.05) is 6.92 Å². The minimum atomic E-state index is -1.28. The second kappa shape index (κ2) is 9.69. The summed E-state index contributed by atoms with van der Waals surface area (Å²) in [6.07, 6.45) is -0.184. The van der Waals surface area contributed by atoms with Crippen LogP contribution in [0.4, 0.5) is 0 Å². The van der Waals surface area contributed by atoms with Gasteiger partial charge in [0.25, 0.3) is 0 Å². The molecule has 1 rings (SSSR count). The van der Waals surface area contributed by atoms with Crippen molar-refractivity contribution in [2.75, 3.05) is 6.54 Å². The zero-order valence-corrected chi connectivity index (χ0v) is 13.8. The van der Waals surface area contributed by atoms with Crippen LogP contribution in [0.25, 0.3) is 0 Å². The van der Waals surface area contributed by atoms with E-state index in [2.05, 4.69) is 17.9 Å². The molecule has 1 aliphatic heterocycles. The SMILES string of the molecule is CC(=O)N[C@@H]1[C@@H](O)[C@H](O)[C@@H](C(O)CCCCCCN)O[C@H]1S. The van der Waals surface area contributed by atoms with Gasteiger partial charge in [-0.25, -0.2) is 0 Å². The second-order valence-electron chi connectivity index (χ2n) is 5.76. The van der Waals surface area contributed by atoms with Crippen LogP contribution in [0.2, 0.25) is 0 Å². The molecule has 0 bridgehead atoms. The zero-order chi connectivity index (χ0) is 16.7. The topological polar surface area (TPSA) is 125 Å². The lowest BCUT2D eigenvalue weighted by Crippen LogP contribution is -2.64. The summed E-state index contributed by atoms with van der Waals surface area (Å²) in [5, 5.41) is 32.9. The lowest BCUT2D eigenvalue weighted by atomic mass is 9.92. The molecule has 6 atom stereocenters. The van der Waals surface area contributed by atoms with Gasteiger partial charge in [0.2, 0.25) is 5.91 Å². The fourth-order valence-corrected chi connectivity index (χ4v) is 3.02. The molecule has 0 aromatic carbocycles. The average molecular weight is 336 g/mol. The molecule has 1 unspecified atom stereocenters. The summed E-state index contributed by atoms with van der Waals surface area (Å²) in [5.41, 5.74) is 4.62. The fourth-order valence-electron chi connectivity index (χ4n) is 2.63. The first-order chi connectivity index (χ1) is 10.4. The van der Waals surface area contributed by atoms with Crippen molar-refractivity contribution in [2.45, 2.75) is 74.9 Å². The minimum absolute atomic E-state index is 0.349. The van der Waals surface area contributed by atoms with Gasteiger partial charge in [-0.15, -0.1) is 12.6 Å². The van der Waals surface area contributed by atoms with Crippen molar-refractivity contribution in [2.24, 2.45) is 5.73 Å². The number of nitrogens with one attached hydrogen (secondary N) is 1. The number of carbonyl (C=O) groups excluding carboxylic acids is 1. The highest BCUT2D eigenvalue weighted by Crippen LogP contribution is 2.27. The quantitative estimate of drug-likeness (QED) is 0.253. The highest BCUT2D eigenvalue weighted by atomic mass is 32.1. The largest absolute Gasteiger partial charge is 0.390 e. The Morgan fingerprint density at radius 3 is 2.50 bits per heavy atom. The summed E-state index contributed by atoms with van der Waals surface area (Å²) in [5.74, 6) is -0.349. The van der Waals surface area contributed by atoms with Crippen LogP contribution in [0.15, 0.2) is 0 Å². The highest BCUT2D eigenvalue weighted by Gasteiger charge is 2.45. The Kier molecular flexibility index (Phi) is 8.66. The molecule has 7 nitrogen and oxygen atoms in total. The smallest absolute Gasteiger partial charge is 0.217 e. The first-order valence-electron chi connectivity index (χ1n) is 7.73. The molecule has 1 saturated heterocycles. The van der Waals surface area contributed by atoms with Gasteiger partial charge >= 0.3 is 0 Å². The van der Waals surface area contributed by atoms with Crippen LogP contribution in [0.5, 0.6) is 0 Å². The van der Waals surface area contributed by atoms with Crippen LogP contribution in [0, 0.1) is 0 Å². The van der Waals surface area contributed by atoms with Crippen molar-refractivity contribution in [3.05, 3.63) is 0 Å². The van der Waals surface area contributed by atoms with Gasteiger partial charge in [0.05, 0.1) is 12.1 Å². The molecule has 8 heteroatoms. The number of amides is 1. The molecule has 130 valence electrons. The minimum Gasteiger partial charge on any atom is -0.390 e. The van der Waals surface area contributed by atoms with E-state index >= 15 is 0 Å². The number of aliphatic hydroxyl groups is 3. The third-order valence-electron chi connectivity index (χ3n) is 3.86. The number of thiol groups is 1. The van der Waals surface area contributed by atoms with E-state index < -0.39 is 35.9 Å². The van der Waals surface area contributed by atoms with Crippen molar-refractivity contribution in [1.82, 2.24) is 5.32 Å². The van der Waals surface area contributed by atoms with E-state index in [9.17, 15) is 20.1 Å². The monoisotopic (exact) mass is 336 g/mol. The van der Waals surface area contributed by atoms with E-state index in [1.807, 2.05) is 0 Å². The van der Waals surface area contributed by atoms with Crippen LogP contribution < -0.4 is 11.1 Å². The number of hydrogen-bond donors (Lipinski definition) is 6. The predicted octanol–water partition coefficient (Wildman–Crippen LogP) is -0.862. The Bertz CT molecular complexity index is 347. The molecule has 22 heavy (non-hydrogen) atoms. The van der Waals surface area contributed by atoms with Gasteiger partial charge < -0.3 is 31.1 Å². The number of rotatable bonds is 8. The lowest BCUT2D eigenvalue weighted by Gasteiger charge is -2.43. The second-order valence-corrected chi connectivity index (χ2v) is 6.27. The summed E-state index contributed by atoms with van der Waals surface area (Å²) < 4.78 is 5.49. The molecule has 0 spiro atoms. The Labute approximate surface area is 136 Å². The molecular weight excluding hydrogens is 308 g/mol. The zero-order valence-electron chi connectivity index (χ0n) is 12.9. The summed E-state index contributed by atoms with van der Waals surface area (Å²) >= 11 is 4.19. The Morgan fingerprint density at radius 2 is 1.91 bits per heavy atom. The number of ether oxygens (including phenoxy) is 1. The molecule has 0 aliphatic carbocycles. The normalized spacial score (nSPS) is 33.5. The molecule has 0 saturated carbocycles.